The lowest BCUT2D eigenvalue weighted by Gasteiger charge is -2.14. The van der Waals surface area contributed by atoms with E-state index in [1.54, 1.807) is 0 Å². The Balaban J connectivity index is 0.000000461. The highest BCUT2D eigenvalue weighted by Crippen LogP contribution is 2.38. The molecule has 0 saturated heterocycles. The van der Waals surface area contributed by atoms with Crippen LogP contribution < -0.4 is 10.6 Å². The van der Waals surface area contributed by atoms with Gasteiger partial charge in [-0.1, -0.05) is 64.6 Å². The zero-order valence-corrected chi connectivity index (χ0v) is 19.1. The predicted octanol–water partition coefficient (Wildman–Crippen LogP) is 5.91. The Hall–Kier alpha value is -2.33. The van der Waals surface area contributed by atoms with Crippen molar-refractivity contribution in [1.29, 1.82) is 0 Å². The summed E-state index contributed by atoms with van der Waals surface area (Å²) in [7, 11) is 1.95. The third-order valence-corrected chi connectivity index (χ3v) is 6.54. The third kappa shape index (κ3) is 5.42. The molecule has 2 aliphatic carbocycles. The average Bonchev–Trinajstić information content (AvgIpc) is 3.47. The van der Waals surface area contributed by atoms with Gasteiger partial charge in [0.25, 0.3) is 0 Å². The molecule has 0 amide bonds. The lowest BCUT2D eigenvalue weighted by atomic mass is 10.0. The lowest BCUT2D eigenvalue weighted by molar-refractivity contribution is 0.591. The van der Waals surface area contributed by atoms with E-state index in [4.69, 9.17) is 0 Å². The van der Waals surface area contributed by atoms with E-state index in [-0.39, 0.29) is 0 Å². The Morgan fingerprint density at radius 1 is 1.27 bits per heavy atom. The van der Waals surface area contributed by atoms with E-state index >= 15 is 0 Å². The van der Waals surface area contributed by atoms with E-state index in [0.717, 1.165) is 30.3 Å². The second kappa shape index (κ2) is 10.1. The van der Waals surface area contributed by atoms with E-state index in [1.165, 1.54) is 41.6 Å². The maximum Gasteiger partial charge on any atom is 0.152 e. The highest BCUT2D eigenvalue weighted by molar-refractivity contribution is 5.57. The molecule has 2 aromatic rings. The number of nitrogens with one attached hydrogen (secondary N) is 3. The zero-order chi connectivity index (χ0) is 21.7. The van der Waals surface area contributed by atoms with Gasteiger partial charge in [-0.05, 0) is 55.3 Å². The summed E-state index contributed by atoms with van der Waals surface area (Å²) in [6.45, 7) is 14.8. The van der Waals surface area contributed by atoms with Crippen molar-refractivity contribution >= 4 is 11.9 Å². The molecule has 1 saturated carbocycles. The molecule has 1 aromatic heterocycles. The molecule has 0 spiro atoms. The van der Waals surface area contributed by atoms with Gasteiger partial charge in [0, 0.05) is 35.3 Å². The molecular weight excluding hydrogens is 368 g/mol. The molecule has 3 N–H and O–H groups in total. The number of aromatic nitrogens is 2. The van der Waals surface area contributed by atoms with Crippen molar-refractivity contribution in [1.82, 2.24) is 15.5 Å². The van der Waals surface area contributed by atoms with E-state index in [0.29, 0.717) is 17.9 Å². The lowest BCUT2D eigenvalue weighted by Crippen LogP contribution is -2.15. The summed E-state index contributed by atoms with van der Waals surface area (Å²) in [6.07, 6.45) is 7.89. The van der Waals surface area contributed by atoms with Crippen molar-refractivity contribution in [3.05, 3.63) is 65.5 Å². The summed E-state index contributed by atoms with van der Waals surface area (Å²) in [5.41, 5.74) is 6.43. The van der Waals surface area contributed by atoms with Crippen molar-refractivity contribution in [3.8, 4) is 0 Å². The molecular formula is C26H38N4. The molecule has 4 heteroatoms. The van der Waals surface area contributed by atoms with E-state index in [1.807, 2.05) is 13.1 Å². The average molecular weight is 407 g/mol. The second-order valence-corrected chi connectivity index (χ2v) is 9.21. The van der Waals surface area contributed by atoms with Crippen molar-refractivity contribution in [2.75, 3.05) is 12.4 Å². The van der Waals surface area contributed by atoms with Crippen molar-refractivity contribution < 1.29 is 0 Å². The van der Waals surface area contributed by atoms with Gasteiger partial charge in [-0.2, -0.15) is 5.10 Å². The quantitative estimate of drug-likeness (QED) is 0.559. The number of benzene rings is 1. The molecule has 0 aliphatic heterocycles. The summed E-state index contributed by atoms with van der Waals surface area (Å²) in [4.78, 5) is 0. The van der Waals surface area contributed by atoms with Gasteiger partial charge in [0.1, 0.15) is 0 Å². The number of aromatic amines is 1. The van der Waals surface area contributed by atoms with Gasteiger partial charge in [0.2, 0.25) is 0 Å². The predicted molar refractivity (Wildman–Crippen MR) is 129 cm³/mol. The number of fused-ring (bicyclic) bond motifs is 1. The van der Waals surface area contributed by atoms with E-state index in [9.17, 15) is 0 Å². The number of H-pyrrole nitrogens is 1. The normalized spacial score (nSPS) is 22.4. The van der Waals surface area contributed by atoms with Gasteiger partial charge in [-0.25, -0.2) is 0 Å². The van der Waals surface area contributed by atoms with Crippen LogP contribution in [0.25, 0.3) is 6.08 Å². The summed E-state index contributed by atoms with van der Waals surface area (Å²) >= 11 is 0. The first-order chi connectivity index (χ1) is 14.4. The first kappa shape index (κ1) is 22.4. The topological polar surface area (TPSA) is 52.7 Å². The summed E-state index contributed by atoms with van der Waals surface area (Å²) in [6, 6.07) is 9.30. The highest BCUT2D eigenvalue weighted by Gasteiger charge is 2.27. The van der Waals surface area contributed by atoms with Crippen LogP contribution in [0.15, 0.2) is 43.1 Å². The Bertz CT molecular complexity index is 864. The molecule has 162 valence electrons. The van der Waals surface area contributed by atoms with Crippen LogP contribution >= 0.6 is 0 Å². The van der Waals surface area contributed by atoms with Crippen LogP contribution in [0, 0.1) is 11.8 Å². The molecule has 2 aliphatic rings. The van der Waals surface area contributed by atoms with E-state index in [2.05, 4.69) is 79.0 Å². The maximum absolute atomic E-state index is 4.47. The number of rotatable bonds is 6. The van der Waals surface area contributed by atoms with Crippen LogP contribution in [-0.4, -0.2) is 23.3 Å². The van der Waals surface area contributed by atoms with Gasteiger partial charge >= 0.3 is 0 Å². The molecule has 4 nitrogen and oxygen atoms in total. The first-order valence-electron chi connectivity index (χ1n) is 11.3. The fourth-order valence-electron chi connectivity index (χ4n) is 4.48. The number of anilines is 1. The first-order valence-corrected chi connectivity index (χ1v) is 11.3. The van der Waals surface area contributed by atoms with Gasteiger partial charge in [-0.3, -0.25) is 5.10 Å². The monoisotopic (exact) mass is 406 g/mol. The van der Waals surface area contributed by atoms with Crippen LogP contribution in [0.5, 0.6) is 0 Å². The molecule has 1 heterocycles. The SMILES string of the molecule is C=Cc1cccc2c1CC(C(=C)Nc1cc(C3CCC(C)C3)[nH]n1)C2.CNC(C)C. The molecule has 0 bridgehead atoms. The van der Waals surface area contributed by atoms with Crippen molar-refractivity contribution in [2.45, 2.75) is 64.8 Å². The Morgan fingerprint density at radius 2 is 2.03 bits per heavy atom. The van der Waals surface area contributed by atoms with Gasteiger partial charge < -0.3 is 10.6 Å². The van der Waals surface area contributed by atoms with Gasteiger partial charge in [-0.15, -0.1) is 0 Å². The van der Waals surface area contributed by atoms with Crippen LogP contribution in [0.2, 0.25) is 0 Å². The van der Waals surface area contributed by atoms with Crippen molar-refractivity contribution in [2.24, 2.45) is 11.8 Å². The molecule has 3 atom stereocenters. The minimum absolute atomic E-state index is 0.419. The summed E-state index contributed by atoms with van der Waals surface area (Å²) < 4.78 is 0. The largest absolute Gasteiger partial charge is 0.343 e. The molecule has 0 radical (unpaired) electrons. The number of nitrogens with zero attached hydrogens (tertiary/aromatic N) is 1. The minimum Gasteiger partial charge on any atom is -0.343 e. The van der Waals surface area contributed by atoms with Crippen molar-refractivity contribution in [3.63, 3.8) is 0 Å². The van der Waals surface area contributed by atoms with Crippen LogP contribution in [0.1, 0.15) is 68.3 Å². The smallest absolute Gasteiger partial charge is 0.152 e. The number of hydrogen-bond acceptors (Lipinski definition) is 3. The van der Waals surface area contributed by atoms with Gasteiger partial charge in [0.05, 0.1) is 0 Å². The molecule has 1 aromatic carbocycles. The number of allylic oxidation sites excluding steroid dienone is 1. The molecule has 30 heavy (non-hydrogen) atoms. The van der Waals surface area contributed by atoms with Crippen LogP contribution in [0.3, 0.4) is 0 Å². The molecule has 3 unspecified atom stereocenters. The summed E-state index contributed by atoms with van der Waals surface area (Å²) in [5, 5.41) is 14.2. The summed E-state index contributed by atoms with van der Waals surface area (Å²) in [5.74, 6) is 2.79. The minimum atomic E-state index is 0.419. The second-order valence-electron chi connectivity index (χ2n) is 9.21. The Kier molecular flexibility index (Phi) is 7.54. The zero-order valence-electron chi connectivity index (χ0n) is 19.1. The highest BCUT2D eigenvalue weighted by atomic mass is 15.2. The fourth-order valence-corrected chi connectivity index (χ4v) is 4.48. The molecule has 4 rings (SSSR count). The fraction of sp³-hybridized carbons (Fsp3) is 0.500. The Labute approximate surface area is 182 Å². The standard InChI is InChI=1S/C22H27N3.C4H11N/c1-4-16-6-5-7-17-11-19(12-20(16)17)15(3)23-22-13-21(24-25-22)18-9-8-14(2)10-18;1-4(2)5-3/h4-7,13-14,18-19H,1,3,8-12H2,2H3,(H2,23,24,25);4-5H,1-3H3. The third-order valence-electron chi connectivity index (χ3n) is 6.54. The van der Waals surface area contributed by atoms with Crippen LogP contribution in [-0.2, 0) is 12.8 Å². The van der Waals surface area contributed by atoms with Gasteiger partial charge in [0.15, 0.2) is 5.82 Å². The van der Waals surface area contributed by atoms with Crippen LogP contribution in [0.4, 0.5) is 5.82 Å². The maximum atomic E-state index is 4.47. The molecule has 1 fully saturated rings. The number of hydrogen-bond donors (Lipinski definition) is 3. The Morgan fingerprint density at radius 3 is 2.67 bits per heavy atom. The van der Waals surface area contributed by atoms with E-state index < -0.39 is 0 Å².